The van der Waals surface area contributed by atoms with E-state index in [2.05, 4.69) is 9.80 Å². The van der Waals surface area contributed by atoms with Gasteiger partial charge in [0.1, 0.15) is 6.10 Å². The number of hydrogen-bond donors (Lipinski definition) is 0. The lowest BCUT2D eigenvalue weighted by atomic mass is 9.70. The zero-order valence-corrected chi connectivity index (χ0v) is 19.7. The van der Waals surface area contributed by atoms with Gasteiger partial charge in [-0.25, -0.2) is 4.79 Å². The first-order chi connectivity index (χ1) is 16.0. The molecule has 0 aliphatic carbocycles. The van der Waals surface area contributed by atoms with Gasteiger partial charge in [-0.05, 0) is 49.7 Å². The van der Waals surface area contributed by atoms with Gasteiger partial charge >= 0.3 is 5.97 Å². The molecule has 0 saturated carbocycles. The zero-order chi connectivity index (χ0) is 23.1. The Morgan fingerprint density at radius 3 is 2.36 bits per heavy atom. The number of hydrogen-bond acceptors (Lipinski definition) is 7. The van der Waals surface area contributed by atoms with E-state index >= 15 is 0 Å². The number of carbonyl (C=O) groups excluding carboxylic acids is 2. The quantitative estimate of drug-likeness (QED) is 0.628. The van der Waals surface area contributed by atoms with Crippen molar-refractivity contribution in [1.82, 2.24) is 9.80 Å². The molecule has 0 spiro atoms. The minimum atomic E-state index is -0.378. The average Bonchev–Trinajstić information content (AvgIpc) is 2.84. The van der Waals surface area contributed by atoms with Crippen LogP contribution in [0.5, 0.6) is 17.2 Å². The summed E-state index contributed by atoms with van der Waals surface area (Å²) in [6, 6.07) is 4.06. The van der Waals surface area contributed by atoms with Crippen molar-refractivity contribution >= 4 is 11.9 Å². The van der Waals surface area contributed by atoms with Gasteiger partial charge in [0.2, 0.25) is 11.7 Å². The van der Waals surface area contributed by atoms with Crippen LogP contribution in [0, 0.1) is 11.8 Å². The van der Waals surface area contributed by atoms with Crippen molar-refractivity contribution in [2.24, 2.45) is 11.8 Å². The highest BCUT2D eigenvalue weighted by atomic mass is 16.5. The van der Waals surface area contributed by atoms with E-state index in [1.807, 2.05) is 0 Å². The molecular weight excluding hydrogens is 424 g/mol. The molecule has 1 amide bonds. The van der Waals surface area contributed by atoms with Gasteiger partial charge in [-0.15, -0.1) is 0 Å². The molecule has 8 heteroatoms. The van der Waals surface area contributed by atoms with Crippen LogP contribution in [0.25, 0.3) is 0 Å². The van der Waals surface area contributed by atoms with Gasteiger partial charge in [0.15, 0.2) is 11.5 Å². The van der Waals surface area contributed by atoms with Gasteiger partial charge in [-0.3, -0.25) is 9.69 Å². The van der Waals surface area contributed by atoms with Crippen molar-refractivity contribution < 1.29 is 28.5 Å². The highest BCUT2D eigenvalue weighted by molar-refractivity contribution is 5.91. The molecule has 33 heavy (non-hydrogen) atoms. The van der Waals surface area contributed by atoms with Crippen LogP contribution in [-0.2, 0) is 9.53 Å². The predicted molar refractivity (Wildman–Crippen MR) is 121 cm³/mol. The fourth-order valence-electron chi connectivity index (χ4n) is 6.58. The van der Waals surface area contributed by atoms with Crippen LogP contribution in [0.4, 0.5) is 0 Å². The maximum absolute atomic E-state index is 13.0. The van der Waals surface area contributed by atoms with Gasteiger partial charge < -0.3 is 23.8 Å². The Kier molecular flexibility index (Phi) is 6.12. The highest BCUT2D eigenvalue weighted by Gasteiger charge is 2.49. The number of amides is 1. The molecule has 4 saturated heterocycles. The van der Waals surface area contributed by atoms with E-state index in [9.17, 15) is 9.59 Å². The molecule has 1 aromatic carbocycles. The molecule has 4 aliphatic rings. The summed E-state index contributed by atoms with van der Waals surface area (Å²) in [5.74, 6) is 2.31. The second kappa shape index (κ2) is 9.05. The second-order valence-electron chi connectivity index (χ2n) is 9.79. The monoisotopic (exact) mass is 458 g/mol. The molecule has 5 atom stereocenters. The third kappa shape index (κ3) is 4.03. The average molecular weight is 459 g/mol. The standard InChI is InChI=1S/C25H34N2O6/c1-30-21-10-15(11-22(31-2)24(21)32-3)25(29)33-18-7-8-26-13-16-9-17(20(26)12-18)14-27-19(16)5-4-6-23(27)28/h10-11,16-20H,4-9,12-14H2,1-3H3/t16-,17-,18-,19+,20-/m0/s1. The third-order valence-corrected chi connectivity index (χ3v) is 8.09. The van der Waals surface area contributed by atoms with Crippen molar-refractivity contribution in [2.75, 3.05) is 41.0 Å². The number of ether oxygens (including phenoxy) is 4. The van der Waals surface area contributed by atoms with Crippen LogP contribution in [0.1, 0.15) is 48.9 Å². The minimum Gasteiger partial charge on any atom is -0.493 e. The Balaban J connectivity index is 1.28. The number of nitrogens with zero attached hydrogens (tertiary/aromatic N) is 2. The summed E-state index contributed by atoms with van der Waals surface area (Å²) in [5.41, 5.74) is 0.384. The first-order valence-electron chi connectivity index (χ1n) is 12.1. The summed E-state index contributed by atoms with van der Waals surface area (Å²) >= 11 is 0. The fraction of sp³-hybridized carbons (Fsp3) is 0.680. The lowest BCUT2D eigenvalue weighted by Gasteiger charge is -2.57. The molecule has 8 nitrogen and oxygen atoms in total. The number of piperidine rings is 4. The summed E-state index contributed by atoms with van der Waals surface area (Å²) in [4.78, 5) is 30.3. The first-order valence-corrected chi connectivity index (χ1v) is 12.1. The van der Waals surface area contributed by atoms with Crippen LogP contribution >= 0.6 is 0 Å². The molecule has 0 unspecified atom stereocenters. The van der Waals surface area contributed by atoms with E-state index in [0.717, 1.165) is 45.3 Å². The van der Waals surface area contributed by atoms with Gasteiger partial charge in [0.05, 0.1) is 26.9 Å². The van der Waals surface area contributed by atoms with Gasteiger partial charge in [0, 0.05) is 44.6 Å². The molecular formula is C25H34N2O6. The zero-order valence-electron chi connectivity index (χ0n) is 19.7. The van der Waals surface area contributed by atoms with E-state index in [1.165, 1.54) is 27.8 Å². The van der Waals surface area contributed by atoms with Crippen LogP contribution in [0.2, 0.25) is 0 Å². The van der Waals surface area contributed by atoms with E-state index in [1.54, 1.807) is 12.1 Å². The number of methoxy groups -OCH3 is 3. The van der Waals surface area contributed by atoms with E-state index < -0.39 is 0 Å². The molecule has 1 aromatic rings. The number of rotatable bonds is 5. The minimum absolute atomic E-state index is 0.135. The van der Waals surface area contributed by atoms with Crippen molar-refractivity contribution in [3.8, 4) is 17.2 Å². The summed E-state index contributed by atoms with van der Waals surface area (Å²) < 4.78 is 22.1. The summed E-state index contributed by atoms with van der Waals surface area (Å²) in [7, 11) is 4.59. The maximum Gasteiger partial charge on any atom is 0.338 e. The Hall–Kier alpha value is -2.48. The number of esters is 1. The molecule has 0 N–H and O–H groups in total. The normalized spacial score (nSPS) is 31.3. The molecule has 4 fully saturated rings. The molecule has 0 radical (unpaired) electrons. The SMILES string of the molecule is COc1cc(C(=O)O[C@H]2CCN3C[C@@H]4C[C@@H](CN5C(=O)CCC[C@H]45)[C@@H]3C2)cc(OC)c1OC. The van der Waals surface area contributed by atoms with Crippen LogP contribution < -0.4 is 14.2 Å². The van der Waals surface area contributed by atoms with Crippen molar-refractivity contribution in [3.63, 3.8) is 0 Å². The van der Waals surface area contributed by atoms with Crippen LogP contribution in [0.15, 0.2) is 12.1 Å². The number of benzene rings is 1. The lowest BCUT2D eigenvalue weighted by molar-refractivity contribution is -0.150. The largest absolute Gasteiger partial charge is 0.493 e. The third-order valence-electron chi connectivity index (χ3n) is 8.09. The van der Waals surface area contributed by atoms with E-state index in [-0.39, 0.29) is 12.1 Å². The van der Waals surface area contributed by atoms with E-state index in [4.69, 9.17) is 18.9 Å². The molecule has 0 aromatic heterocycles. The molecule has 5 rings (SSSR count). The second-order valence-corrected chi connectivity index (χ2v) is 9.79. The Morgan fingerprint density at radius 1 is 0.939 bits per heavy atom. The lowest BCUT2D eigenvalue weighted by Crippen LogP contribution is -2.65. The molecule has 4 aliphatic heterocycles. The van der Waals surface area contributed by atoms with Gasteiger partial charge in [0.25, 0.3) is 0 Å². The Bertz CT molecular complexity index is 895. The fourth-order valence-corrected chi connectivity index (χ4v) is 6.58. The Labute approximate surface area is 195 Å². The number of fused-ring (bicyclic) bond motifs is 6. The van der Waals surface area contributed by atoms with Crippen molar-refractivity contribution in [3.05, 3.63) is 17.7 Å². The van der Waals surface area contributed by atoms with Crippen molar-refractivity contribution in [2.45, 2.75) is 56.7 Å². The number of carbonyl (C=O) groups is 2. The predicted octanol–water partition coefficient (Wildman–Crippen LogP) is 2.73. The summed E-state index contributed by atoms with van der Waals surface area (Å²) in [5, 5.41) is 0. The summed E-state index contributed by atoms with van der Waals surface area (Å²) in [6.45, 7) is 2.85. The van der Waals surface area contributed by atoms with Crippen LogP contribution in [-0.4, -0.2) is 80.8 Å². The Morgan fingerprint density at radius 2 is 1.67 bits per heavy atom. The smallest absolute Gasteiger partial charge is 0.338 e. The van der Waals surface area contributed by atoms with Crippen LogP contribution in [0.3, 0.4) is 0 Å². The topological polar surface area (TPSA) is 77.5 Å². The molecule has 2 bridgehead atoms. The molecule has 4 heterocycles. The highest BCUT2D eigenvalue weighted by Crippen LogP contribution is 2.44. The van der Waals surface area contributed by atoms with E-state index in [0.29, 0.717) is 59.1 Å². The van der Waals surface area contributed by atoms with Gasteiger partial charge in [-0.2, -0.15) is 0 Å². The molecule has 180 valence electrons. The first kappa shape index (κ1) is 22.3. The maximum atomic E-state index is 13.0. The summed E-state index contributed by atoms with van der Waals surface area (Å²) in [6.07, 6.45) is 5.58. The van der Waals surface area contributed by atoms with Gasteiger partial charge in [-0.1, -0.05) is 0 Å². The van der Waals surface area contributed by atoms with Crippen molar-refractivity contribution in [1.29, 1.82) is 0 Å².